The lowest BCUT2D eigenvalue weighted by atomic mass is 9.92. The highest BCUT2D eigenvalue weighted by Gasteiger charge is 2.46. The van der Waals surface area contributed by atoms with Crippen molar-refractivity contribution in [3.63, 3.8) is 0 Å². The van der Waals surface area contributed by atoms with Gasteiger partial charge in [0.2, 0.25) is 11.8 Å². The van der Waals surface area contributed by atoms with E-state index in [9.17, 15) is 19.2 Å². The molecule has 200 valence electrons. The monoisotopic (exact) mass is 520 g/mol. The molecule has 10 heteroatoms. The van der Waals surface area contributed by atoms with E-state index in [0.29, 0.717) is 37.3 Å². The van der Waals surface area contributed by atoms with Crippen LogP contribution in [0, 0.1) is 0 Å². The predicted octanol–water partition coefficient (Wildman–Crippen LogP) is 1.87. The molecule has 3 aliphatic heterocycles. The molecule has 2 aromatic rings. The van der Waals surface area contributed by atoms with Crippen LogP contribution in [0.25, 0.3) is 0 Å². The Morgan fingerprint density at radius 2 is 1.63 bits per heavy atom. The van der Waals surface area contributed by atoms with Gasteiger partial charge in [-0.25, -0.2) is 4.79 Å². The number of hydrogen-bond acceptors (Lipinski definition) is 6. The summed E-state index contributed by atoms with van der Waals surface area (Å²) in [7, 11) is 4.65. The zero-order valence-corrected chi connectivity index (χ0v) is 21.9. The fourth-order valence-electron chi connectivity index (χ4n) is 5.69. The second kappa shape index (κ2) is 10.4. The number of urea groups is 1. The standard InChI is InChI=1S/C28H32N4O6/c1-29-26(34)21-12-19-13-23(37-2)24(38-3)14-20(19)16-31(21)25(33)9-6-10-30-27(35)22-11-17-7-4-5-8-18(17)15-32(22)28(30)36/h4-5,7-8,13-14,21-22H,6,9-12,15-16H2,1-3H3,(H,29,34)/t21-,22+/m0/s1. The van der Waals surface area contributed by atoms with Crippen LogP contribution >= 0.6 is 0 Å². The maximum absolute atomic E-state index is 13.3. The van der Waals surface area contributed by atoms with Crippen molar-refractivity contribution in [3.8, 4) is 11.5 Å². The van der Waals surface area contributed by atoms with Crippen LogP contribution in [0.15, 0.2) is 36.4 Å². The Labute approximate surface area is 221 Å². The molecular formula is C28H32N4O6. The van der Waals surface area contributed by atoms with Gasteiger partial charge in [0, 0.05) is 45.9 Å². The predicted molar refractivity (Wildman–Crippen MR) is 137 cm³/mol. The highest BCUT2D eigenvalue weighted by molar-refractivity contribution is 6.04. The first-order chi connectivity index (χ1) is 18.4. The average Bonchev–Trinajstić information content (AvgIpc) is 3.17. The van der Waals surface area contributed by atoms with Crippen LogP contribution in [0.3, 0.4) is 0 Å². The lowest BCUT2D eigenvalue weighted by Crippen LogP contribution is -2.52. The Morgan fingerprint density at radius 3 is 2.32 bits per heavy atom. The number of imide groups is 1. The number of carbonyl (C=O) groups excluding carboxylic acids is 4. The lowest BCUT2D eigenvalue weighted by Gasteiger charge is -2.36. The normalized spacial score (nSPS) is 20.0. The molecule has 1 N–H and O–H groups in total. The molecule has 10 nitrogen and oxygen atoms in total. The van der Waals surface area contributed by atoms with Crippen LogP contribution < -0.4 is 14.8 Å². The van der Waals surface area contributed by atoms with Gasteiger partial charge in [0.15, 0.2) is 11.5 Å². The summed E-state index contributed by atoms with van der Waals surface area (Å²) < 4.78 is 10.8. The number of carbonyl (C=O) groups is 4. The van der Waals surface area contributed by atoms with Crippen LogP contribution in [0.2, 0.25) is 0 Å². The Hall–Kier alpha value is -4.08. The average molecular weight is 521 g/mol. The number of rotatable bonds is 7. The largest absolute Gasteiger partial charge is 0.493 e. The first-order valence-electron chi connectivity index (χ1n) is 12.8. The van der Waals surface area contributed by atoms with E-state index in [1.165, 1.54) is 4.90 Å². The van der Waals surface area contributed by atoms with Gasteiger partial charge in [-0.05, 0) is 40.8 Å². The second-order valence-corrected chi connectivity index (χ2v) is 9.82. The molecule has 1 saturated heterocycles. The molecule has 0 radical (unpaired) electrons. The molecule has 5 amide bonds. The fourth-order valence-corrected chi connectivity index (χ4v) is 5.69. The van der Waals surface area contributed by atoms with E-state index in [1.807, 2.05) is 36.4 Å². The smallest absolute Gasteiger partial charge is 0.327 e. The van der Waals surface area contributed by atoms with Crippen molar-refractivity contribution in [2.75, 3.05) is 27.8 Å². The van der Waals surface area contributed by atoms with Gasteiger partial charge in [-0.2, -0.15) is 0 Å². The molecule has 5 rings (SSSR count). The number of benzene rings is 2. The fraction of sp³-hybridized carbons (Fsp3) is 0.429. The number of amides is 5. The molecule has 0 spiro atoms. The topological polar surface area (TPSA) is 108 Å². The Morgan fingerprint density at radius 1 is 0.947 bits per heavy atom. The van der Waals surface area contributed by atoms with Crippen molar-refractivity contribution in [3.05, 3.63) is 58.7 Å². The molecular weight excluding hydrogens is 488 g/mol. The summed E-state index contributed by atoms with van der Waals surface area (Å²) in [5, 5.41) is 2.66. The molecule has 0 aliphatic carbocycles. The number of nitrogens with one attached hydrogen (secondary N) is 1. The molecule has 3 heterocycles. The number of likely N-dealkylation sites (N-methyl/N-ethyl adjacent to an activating group) is 1. The molecule has 1 fully saturated rings. The number of fused-ring (bicyclic) bond motifs is 3. The van der Waals surface area contributed by atoms with Gasteiger partial charge in [-0.15, -0.1) is 0 Å². The van der Waals surface area contributed by atoms with E-state index in [-0.39, 0.29) is 43.3 Å². The van der Waals surface area contributed by atoms with Crippen LogP contribution in [0.1, 0.15) is 35.1 Å². The van der Waals surface area contributed by atoms with E-state index in [2.05, 4.69) is 5.32 Å². The summed E-state index contributed by atoms with van der Waals surface area (Å²) in [6, 6.07) is 10.1. The number of nitrogens with zero attached hydrogens (tertiary/aromatic N) is 3. The van der Waals surface area contributed by atoms with Gasteiger partial charge in [-0.3, -0.25) is 19.3 Å². The van der Waals surface area contributed by atoms with Crippen LogP contribution in [0.4, 0.5) is 4.79 Å². The van der Waals surface area contributed by atoms with E-state index in [4.69, 9.17) is 9.47 Å². The SMILES string of the molecule is CNC(=O)[C@@H]1Cc2cc(OC)c(OC)cc2CN1C(=O)CCCN1C(=O)[C@H]2Cc3ccccc3CN2C1=O. The molecule has 0 aromatic heterocycles. The maximum Gasteiger partial charge on any atom is 0.327 e. The highest BCUT2D eigenvalue weighted by Crippen LogP contribution is 2.35. The molecule has 2 aromatic carbocycles. The van der Waals surface area contributed by atoms with E-state index >= 15 is 0 Å². The van der Waals surface area contributed by atoms with Gasteiger partial charge in [0.1, 0.15) is 12.1 Å². The van der Waals surface area contributed by atoms with Gasteiger partial charge < -0.3 is 24.6 Å². The third-order valence-electron chi connectivity index (χ3n) is 7.75. The molecule has 3 aliphatic rings. The van der Waals surface area contributed by atoms with Gasteiger partial charge in [-0.1, -0.05) is 24.3 Å². The summed E-state index contributed by atoms with van der Waals surface area (Å²) in [6.07, 6.45) is 1.28. The Balaban J connectivity index is 1.26. The molecule has 38 heavy (non-hydrogen) atoms. The molecule has 0 bridgehead atoms. The lowest BCUT2D eigenvalue weighted by molar-refractivity contribution is -0.141. The minimum absolute atomic E-state index is 0.109. The van der Waals surface area contributed by atoms with Crippen molar-refractivity contribution in [2.24, 2.45) is 0 Å². The highest BCUT2D eigenvalue weighted by atomic mass is 16.5. The summed E-state index contributed by atoms with van der Waals surface area (Å²) in [5.74, 6) is 0.458. The zero-order valence-electron chi connectivity index (χ0n) is 21.9. The van der Waals surface area contributed by atoms with Gasteiger partial charge in [0.05, 0.1) is 14.2 Å². The summed E-state index contributed by atoms with van der Waals surface area (Å²) in [6.45, 7) is 0.825. The molecule has 0 saturated carbocycles. The van der Waals surface area contributed by atoms with Crippen molar-refractivity contribution < 1.29 is 28.7 Å². The zero-order chi connectivity index (χ0) is 27.0. The first kappa shape index (κ1) is 25.6. The molecule has 0 unspecified atom stereocenters. The van der Waals surface area contributed by atoms with Crippen molar-refractivity contribution >= 4 is 23.8 Å². The number of methoxy groups -OCH3 is 2. The number of hydrogen-bond donors (Lipinski definition) is 1. The van der Waals surface area contributed by atoms with Gasteiger partial charge >= 0.3 is 6.03 Å². The third-order valence-corrected chi connectivity index (χ3v) is 7.75. The quantitative estimate of drug-likeness (QED) is 0.559. The maximum atomic E-state index is 13.3. The van der Waals surface area contributed by atoms with Crippen LogP contribution in [-0.2, 0) is 40.3 Å². The van der Waals surface area contributed by atoms with Gasteiger partial charge in [0.25, 0.3) is 5.91 Å². The Kier molecular flexibility index (Phi) is 6.96. The molecule has 2 atom stereocenters. The van der Waals surface area contributed by atoms with Crippen molar-refractivity contribution in [1.82, 2.24) is 20.0 Å². The minimum atomic E-state index is -0.666. The third kappa shape index (κ3) is 4.44. The van der Waals surface area contributed by atoms with E-state index < -0.39 is 12.1 Å². The summed E-state index contributed by atoms with van der Waals surface area (Å²) in [5.41, 5.74) is 3.96. The van der Waals surface area contributed by atoms with E-state index in [1.54, 1.807) is 31.1 Å². The second-order valence-electron chi connectivity index (χ2n) is 9.82. The summed E-state index contributed by atoms with van der Waals surface area (Å²) in [4.78, 5) is 56.6. The van der Waals surface area contributed by atoms with Crippen molar-refractivity contribution in [1.29, 1.82) is 0 Å². The minimum Gasteiger partial charge on any atom is -0.493 e. The number of ether oxygens (including phenoxy) is 2. The summed E-state index contributed by atoms with van der Waals surface area (Å²) >= 11 is 0. The Bertz CT molecular complexity index is 1250. The van der Waals surface area contributed by atoms with Crippen LogP contribution in [-0.4, -0.2) is 78.3 Å². The van der Waals surface area contributed by atoms with Crippen molar-refractivity contribution in [2.45, 2.75) is 50.9 Å². The van der Waals surface area contributed by atoms with E-state index in [0.717, 1.165) is 22.3 Å². The first-order valence-corrected chi connectivity index (χ1v) is 12.8. The van der Waals surface area contributed by atoms with Crippen LogP contribution in [0.5, 0.6) is 11.5 Å².